The van der Waals surface area contributed by atoms with Crippen LogP contribution < -0.4 is 11.3 Å². The summed E-state index contributed by atoms with van der Waals surface area (Å²) < 4.78 is 5.22. The van der Waals surface area contributed by atoms with Crippen LogP contribution in [0.25, 0.3) is 0 Å². The highest BCUT2D eigenvalue weighted by molar-refractivity contribution is 5.89. The van der Waals surface area contributed by atoms with E-state index in [4.69, 9.17) is 15.6 Å². The Morgan fingerprint density at radius 3 is 2.71 bits per heavy atom. The third-order valence-corrected chi connectivity index (χ3v) is 2.96. The maximum atomic E-state index is 11.6. The van der Waals surface area contributed by atoms with Crippen molar-refractivity contribution in [3.63, 3.8) is 0 Å². The zero-order chi connectivity index (χ0) is 12.4. The molecule has 92 valence electrons. The highest BCUT2D eigenvalue weighted by Crippen LogP contribution is 2.28. The molecule has 2 rings (SSSR count). The van der Waals surface area contributed by atoms with E-state index >= 15 is 0 Å². The first-order chi connectivity index (χ1) is 8.09. The van der Waals surface area contributed by atoms with Crippen LogP contribution in [0.15, 0.2) is 10.9 Å². The van der Waals surface area contributed by atoms with Crippen molar-refractivity contribution in [2.45, 2.75) is 18.8 Å². The van der Waals surface area contributed by atoms with E-state index in [-0.39, 0.29) is 17.3 Å². The summed E-state index contributed by atoms with van der Waals surface area (Å²) in [7, 11) is 0. The number of hydrogen-bond acceptors (Lipinski definition) is 4. The maximum Gasteiger partial charge on any atom is 0.341 e. The molecule has 0 aromatic carbocycles. The van der Waals surface area contributed by atoms with Crippen LogP contribution in [0.4, 0.5) is 5.82 Å². The quantitative estimate of drug-likeness (QED) is 0.697. The number of carbonyl (C=O) groups is 1. The summed E-state index contributed by atoms with van der Waals surface area (Å²) in [6, 6.07) is 1.54. The molecule has 1 fully saturated rings. The van der Waals surface area contributed by atoms with Crippen LogP contribution in [0.1, 0.15) is 34.7 Å². The van der Waals surface area contributed by atoms with Crippen molar-refractivity contribution in [1.82, 2.24) is 4.98 Å². The Labute approximate surface area is 97.4 Å². The number of aromatic nitrogens is 1. The number of ether oxygens (including phenoxy) is 1. The normalized spacial score (nSPS) is 16.9. The van der Waals surface area contributed by atoms with Gasteiger partial charge >= 0.3 is 5.97 Å². The zero-order valence-electron chi connectivity index (χ0n) is 9.23. The molecule has 17 heavy (non-hydrogen) atoms. The van der Waals surface area contributed by atoms with E-state index in [0.29, 0.717) is 31.6 Å². The highest BCUT2D eigenvalue weighted by Gasteiger charge is 2.24. The average Bonchev–Trinajstić information content (AvgIpc) is 2.28. The molecule has 0 amide bonds. The smallest absolute Gasteiger partial charge is 0.341 e. The van der Waals surface area contributed by atoms with Gasteiger partial charge in [0.1, 0.15) is 11.4 Å². The fourth-order valence-corrected chi connectivity index (χ4v) is 2.15. The lowest BCUT2D eigenvalue weighted by Gasteiger charge is -2.23. The number of pyridine rings is 1. The molecule has 1 aromatic heterocycles. The molecule has 1 saturated heterocycles. The highest BCUT2D eigenvalue weighted by atomic mass is 16.5. The van der Waals surface area contributed by atoms with Crippen LogP contribution in [0, 0.1) is 0 Å². The van der Waals surface area contributed by atoms with Crippen molar-refractivity contribution in [3.05, 3.63) is 27.5 Å². The van der Waals surface area contributed by atoms with Gasteiger partial charge in [-0.3, -0.25) is 4.79 Å². The molecule has 0 spiro atoms. The summed E-state index contributed by atoms with van der Waals surface area (Å²) in [5.41, 5.74) is 5.23. The molecule has 6 heteroatoms. The largest absolute Gasteiger partial charge is 0.477 e. The van der Waals surface area contributed by atoms with Crippen LogP contribution in [-0.2, 0) is 4.74 Å². The number of rotatable bonds is 2. The van der Waals surface area contributed by atoms with Gasteiger partial charge in [0.25, 0.3) is 5.56 Å². The van der Waals surface area contributed by atoms with Gasteiger partial charge in [-0.1, -0.05) is 0 Å². The number of hydrogen-bond donors (Lipinski definition) is 3. The van der Waals surface area contributed by atoms with Crippen LogP contribution in [0.3, 0.4) is 0 Å². The standard InChI is InChI=1S/C11H14N2O4/c12-8-5-7(6-1-3-17-4-2-6)9(11(15)16)10(14)13-8/h5-6H,1-4H2,(H,15,16)(H3,12,13,14). The molecule has 0 unspecified atom stereocenters. The predicted molar refractivity (Wildman–Crippen MR) is 61.2 cm³/mol. The Hall–Kier alpha value is -1.82. The van der Waals surface area contributed by atoms with Crippen molar-refractivity contribution in [2.24, 2.45) is 0 Å². The van der Waals surface area contributed by atoms with E-state index in [0.717, 1.165) is 0 Å². The van der Waals surface area contributed by atoms with Crippen molar-refractivity contribution in [3.8, 4) is 0 Å². The molecule has 1 aromatic rings. The Bertz CT molecular complexity index is 489. The van der Waals surface area contributed by atoms with Crippen molar-refractivity contribution in [2.75, 3.05) is 18.9 Å². The second kappa shape index (κ2) is 4.58. The molecule has 2 heterocycles. The number of carboxylic acid groups (broad SMARTS) is 1. The maximum absolute atomic E-state index is 11.6. The molecular formula is C11H14N2O4. The molecule has 0 aliphatic carbocycles. The second-order valence-corrected chi connectivity index (χ2v) is 4.08. The van der Waals surface area contributed by atoms with E-state index in [1.54, 1.807) is 6.07 Å². The third kappa shape index (κ3) is 2.31. The molecule has 0 radical (unpaired) electrons. The Morgan fingerprint density at radius 1 is 1.47 bits per heavy atom. The van der Waals surface area contributed by atoms with E-state index in [2.05, 4.69) is 4.98 Å². The van der Waals surface area contributed by atoms with E-state index in [9.17, 15) is 9.59 Å². The first kappa shape index (κ1) is 11.7. The number of carboxylic acids is 1. The fraction of sp³-hybridized carbons (Fsp3) is 0.455. The first-order valence-electron chi connectivity index (χ1n) is 5.43. The number of aromatic amines is 1. The molecule has 0 bridgehead atoms. The molecule has 4 N–H and O–H groups in total. The van der Waals surface area contributed by atoms with Gasteiger partial charge < -0.3 is 20.6 Å². The zero-order valence-corrected chi connectivity index (χ0v) is 9.23. The number of H-pyrrole nitrogens is 1. The minimum atomic E-state index is -1.22. The Morgan fingerprint density at radius 2 is 2.12 bits per heavy atom. The van der Waals surface area contributed by atoms with Crippen LogP contribution in [-0.4, -0.2) is 29.3 Å². The van der Waals surface area contributed by atoms with Crippen LogP contribution in [0.2, 0.25) is 0 Å². The summed E-state index contributed by atoms with van der Waals surface area (Å²) in [6.45, 7) is 1.16. The van der Waals surface area contributed by atoms with Crippen molar-refractivity contribution < 1.29 is 14.6 Å². The monoisotopic (exact) mass is 238 g/mol. The lowest BCUT2D eigenvalue weighted by molar-refractivity contribution is 0.0683. The topological polar surface area (TPSA) is 105 Å². The number of nitrogens with two attached hydrogens (primary N) is 1. The summed E-state index contributed by atoms with van der Waals surface area (Å²) in [5, 5.41) is 9.08. The molecule has 0 saturated carbocycles. The molecule has 1 aliphatic heterocycles. The number of nitrogens with one attached hydrogen (secondary N) is 1. The summed E-state index contributed by atoms with van der Waals surface area (Å²) in [5.74, 6) is -0.992. The molecular weight excluding hydrogens is 224 g/mol. The molecule has 0 atom stereocenters. The van der Waals surface area contributed by atoms with Crippen LogP contribution in [0.5, 0.6) is 0 Å². The Kier molecular flexibility index (Phi) is 3.14. The lowest BCUT2D eigenvalue weighted by Crippen LogP contribution is -2.25. The SMILES string of the molecule is Nc1cc(C2CCOCC2)c(C(=O)O)c(=O)[nH]1. The summed E-state index contributed by atoms with van der Waals surface area (Å²) >= 11 is 0. The van der Waals surface area contributed by atoms with Gasteiger partial charge in [0, 0.05) is 13.2 Å². The van der Waals surface area contributed by atoms with Gasteiger partial charge in [-0.05, 0) is 30.4 Å². The first-order valence-corrected chi connectivity index (χ1v) is 5.43. The summed E-state index contributed by atoms with van der Waals surface area (Å²) in [4.78, 5) is 25.0. The van der Waals surface area contributed by atoms with E-state index in [1.165, 1.54) is 0 Å². The van der Waals surface area contributed by atoms with E-state index < -0.39 is 11.5 Å². The minimum absolute atomic E-state index is 0.0273. The van der Waals surface area contributed by atoms with Gasteiger partial charge in [-0.25, -0.2) is 4.79 Å². The molecule has 1 aliphatic rings. The van der Waals surface area contributed by atoms with Gasteiger partial charge in [-0.15, -0.1) is 0 Å². The molecule has 6 nitrogen and oxygen atoms in total. The van der Waals surface area contributed by atoms with Crippen LogP contribution >= 0.6 is 0 Å². The van der Waals surface area contributed by atoms with Gasteiger partial charge in [0.2, 0.25) is 0 Å². The fourth-order valence-electron chi connectivity index (χ4n) is 2.15. The number of aromatic carboxylic acids is 1. The third-order valence-electron chi connectivity index (χ3n) is 2.96. The van der Waals surface area contributed by atoms with Gasteiger partial charge in [0.05, 0.1) is 0 Å². The minimum Gasteiger partial charge on any atom is -0.477 e. The second-order valence-electron chi connectivity index (χ2n) is 4.08. The lowest BCUT2D eigenvalue weighted by atomic mass is 9.89. The van der Waals surface area contributed by atoms with E-state index in [1.807, 2.05) is 0 Å². The predicted octanol–water partition coefficient (Wildman–Crippen LogP) is 0.549. The average molecular weight is 238 g/mol. The number of nitrogen functional groups attached to an aromatic ring is 1. The Balaban J connectivity index is 2.50. The van der Waals surface area contributed by atoms with Crippen molar-refractivity contribution in [1.29, 1.82) is 0 Å². The van der Waals surface area contributed by atoms with Gasteiger partial charge in [0.15, 0.2) is 0 Å². The van der Waals surface area contributed by atoms with Gasteiger partial charge in [-0.2, -0.15) is 0 Å². The van der Waals surface area contributed by atoms with Crippen molar-refractivity contribution >= 4 is 11.8 Å². The summed E-state index contributed by atoms with van der Waals surface area (Å²) in [6.07, 6.45) is 1.42. The number of anilines is 1.